The second-order valence-corrected chi connectivity index (χ2v) is 4.31. The van der Waals surface area contributed by atoms with Crippen LogP contribution in [0.15, 0.2) is 35.9 Å². The largest absolute Gasteiger partial charge is 0.508 e. The highest BCUT2D eigenvalue weighted by atomic mass is 16.3. The Kier molecular flexibility index (Phi) is 4.00. The Balaban J connectivity index is 1.70. The number of para-hydroxylation sites is 1. The lowest BCUT2D eigenvalue weighted by Crippen LogP contribution is -2.15. The molecule has 0 aromatic heterocycles. The smallest absolute Gasteiger partial charge is 0.120 e. The molecule has 16 heavy (non-hydrogen) atoms. The lowest BCUT2D eigenvalue weighted by molar-refractivity contribution is 0.464. The minimum atomic E-state index is 0.384. The van der Waals surface area contributed by atoms with Crippen LogP contribution in [0.1, 0.15) is 31.2 Å². The summed E-state index contributed by atoms with van der Waals surface area (Å²) in [6.45, 7) is 1.75. The van der Waals surface area contributed by atoms with Crippen LogP contribution >= 0.6 is 0 Å². The van der Waals surface area contributed by atoms with Gasteiger partial charge in [0.2, 0.25) is 0 Å². The quantitative estimate of drug-likeness (QED) is 0.587. The molecule has 0 saturated carbocycles. The monoisotopic (exact) mass is 217 g/mol. The van der Waals surface area contributed by atoms with Crippen molar-refractivity contribution in [2.75, 3.05) is 6.54 Å². The fraction of sp³-hybridized carbons (Fsp3) is 0.429. The van der Waals surface area contributed by atoms with Crippen LogP contribution < -0.4 is 5.32 Å². The van der Waals surface area contributed by atoms with Gasteiger partial charge in [-0.2, -0.15) is 0 Å². The van der Waals surface area contributed by atoms with Crippen molar-refractivity contribution in [2.24, 2.45) is 0 Å². The predicted octanol–water partition coefficient (Wildman–Crippen LogP) is 2.98. The van der Waals surface area contributed by atoms with Gasteiger partial charge < -0.3 is 10.4 Å². The van der Waals surface area contributed by atoms with Gasteiger partial charge in [-0.3, -0.25) is 0 Å². The van der Waals surface area contributed by atoms with E-state index in [1.807, 2.05) is 18.2 Å². The zero-order valence-corrected chi connectivity index (χ0v) is 9.58. The van der Waals surface area contributed by atoms with Crippen molar-refractivity contribution in [1.82, 2.24) is 5.32 Å². The molecule has 0 atom stereocenters. The number of phenolic OH excluding ortho intramolecular Hbond substituents is 1. The molecule has 0 spiro atoms. The van der Waals surface area contributed by atoms with Crippen LogP contribution in [0.25, 0.3) is 0 Å². The number of phenols is 1. The molecule has 1 aliphatic carbocycles. The first-order chi connectivity index (χ1) is 7.86. The molecule has 2 N–H and O–H groups in total. The molecular weight excluding hydrogens is 198 g/mol. The van der Waals surface area contributed by atoms with Crippen LogP contribution in [0.4, 0.5) is 0 Å². The van der Waals surface area contributed by atoms with Gasteiger partial charge in [0, 0.05) is 12.1 Å². The summed E-state index contributed by atoms with van der Waals surface area (Å²) in [4.78, 5) is 0. The van der Waals surface area contributed by atoms with E-state index in [0.717, 1.165) is 25.1 Å². The highest BCUT2D eigenvalue weighted by molar-refractivity contribution is 5.31. The standard InChI is InChI=1S/C14H19NO/c16-14-8-4-3-7-13(14)11-15-10-9-12-5-1-2-6-12/h3-5,7-8,15-16H,1-2,6,9-11H2. The summed E-state index contributed by atoms with van der Waals surface area (Å²) >= 11 is 0. The number of hydrogen-bond acceptors (Lipinski definition) is 2. The summed E-state index contributed by atoms with van der Waals surface area (Å²) in [7, 11) is 0. The lowest BCUT2D eigenvalue weighted by atomic mass is 10.1. The summed E-state index contributed by atoms with van der Waals surface area (Å²) in [6.07, 6.45) is 7.37. The Morgan fingerprint density at radius 3 is 2.88 bits per heavy atom. The predicted molar refractivity (Wildman–Crippen MR) is 66.4 cm³/mol. The van der Waals surface area contributed by atoms with Crippen molar-refractivity contribution >= 4 is 0 Å². The number of rotatable bonds is 5. The van der Waals surface area contributed by atoms with E-state index in [4.69, 9.17) is 0 Å². The summed E-state index contributed by atoms with van der Waals surface area (Å²) < 4.78 is 0. The van der Waals surface area contributed by atoms with Crippen LogP contribution in [0.3, 0.4) is 0 Å². The van der Waals surface area contributed by atoms with Gasteiger partial charge in [-0.15, -0.1) is 0 Å². The first-order valence-electron chi connectivity index (χ1n) is 6.02. The molecule has 0 saturated heterocycles. The van der Waals surface area contributed by atoms with E-state index < -0.39 is 0 Å². The normalized spacial score (nSPS) is 15.1. The van der Waals surface area contributed by atoms with Gasteiger partial charge in [0.15, 0.2) is 0 Å². The van der Waals surface area contributed by atoms with E-state index in [0.29, 0.717) is 5.75 Å². The van der Waals surface area contributed by atoms with Crippen LogP contribution in [-0.2, 0) is 6.54 Å². The van der Waals surface area contributed by atoms with Crippen LogP contribution in [0, 0.1) is 0 Å². The minimum Gasteiger partial charge on any atom is -0.508 e. The van der Waals surface area contributed by atoms with E-state index in [2.05, 4.69) is 11.4 Å². The van der Waals surface area contributed by atoms with Gasteiger partial charge in [-0.05, 0) is 38.3 Å². The third-order valence-corrected chi connectivity index (χ3v) is 3.06. The Labute approximate surface area is 97.0 Å². The van der Waals surface area contributed by atoms with E-state index >= 15 is 0 Å². The number of benzene rings is 1. The summed E-state index contributed by atoms with van der Waals surface area (Å²) in [5.74, 6) is 0.384. The number of nitrogens with one attached hydrogen (secondary N) is 1. The van der Waals surface area contributed by atoms with E-state index in [1.165, 1.54) is 19.3 Å². The maximum atomic E-state index is 9.57. The zero-order valence-electron chi connectivity index (χ0n) is 9.58. The number of aromatic hydroxyl groups is 1. The highest BCUT2D eigenvalue weighted by Gasteiger charge is 2.04. The average molecular weight is 217 g/mol. The molecule has 2 rings (SSSR count). The third kappa shape index (κ3) is 3.11. The molecule has 0 unspecified atom stereocenters. The van der Waals surface area contributed by atoms with Crippen LogP contribution in [-0.4, -0.2) is 11.7 Å². The minimum absolute atomic E-state index is 0.384. The van der Waals surface area contributed by atoms with Crippen molar-refractivity contribution in [1.29, 1.82) is 0 Å². The Morgan fingerprint density at radius 1 is 1.25 bits per heavy atom. The van der Waals surface area contributed by atoms with Crippen LogP contribution in [0.5, 0.6) is 5.75 Å². The number of hydrogen-bond donors (Lipinski definition) is 2. The van der Waals surface area contributed by atoms with Gasteiger partial charge in [-0.1, -0.05) is 29.8 Å². The molecule has 0 amide bonds. The zero-order chi connectivity index (χ0) is 11.2. The molecule has 0 fully saturated rings. The summed E-state index contributed by atoms with van der Waals surface area (Å²) in [5.41, 5.74) is 2.56. The molecule has 86 valence electrons. The Morgan fingerprint density at radius 2 is 2.12 bits per heavy atom. The SMILES string of the molecule is Oc1ccccc1CNCCC1=CCCC1. The molecule has 0 aliphatic heterocycles. The first kappa shape index (κ1) is 11.2. The van der Waals surface area contributed by atoms with Crippen LogP contribution in [0.2, 0.25) is 0 Å². The topological polar surface area (TPSA) is 32.3 Å². The van der Waals surface area contributed by atoms with E-state index in [-0.39, 0.29) is 0 Å². The maximum absolute atomic E-state index is 9.57. The Bertz CT molecular complexity index is 371. The fourth-order valence-corrected chi connectivity index (χ4v) is 2.10. The number of allylic oxidation sites excluding steroid dienone is 1. The average Bonchev–Trinajstić information content (AvgIpc) is 2.79. The van der Waals surface area contributed by atoms with Gasteiger partial charge in [0.05, 0.1) is 0 Å². The maximum Gasteiger partial charge on any atom is 0.120 e. The van der Waals surface area contributed by atoms with E-state index in [9.17, 15) is 5.11 Å². The molecule has 1 aromatic rings. The first-order valence-corrected chi connectivity index (χ1v) is 6.02. The van der Waals surface area contributed by atoms with Crippen molar-refractivity contribution in [3.8, 4) is 5.75 Å². The molecule has 1 aromatic carbocycles. The molecule has 1 aliphatic rings. The Hall–Kier alpha value is -1.28. The van der Waals surface area contributed by atoms with Gasteiger partial charge >= 0.3 is 0 Å². The summed E-state index contributed by atoms with van der Waals surface area (Å²) in [6, 6.07) is 7.49. The second kappa shape index (κ2) is 5.71. The fourth-order valence-electron chi connectivity index (χ4n) is 2.10. The second-order valence-electron chi connectivity index (χ2n) is 4.31. The van der Waals surface area contributed by atoms with Crippen molar-refractivity contribution < 1.29 is 5.11 Å². The molecule has 0 bridgehead atoms. The highest BCUT2D eigenvalue weighted by Crippen LogP contribution is 2.20. The molecular formula is C14H19NO. The van der Waals surface area contributed by atoms with Crippen molar-refractivity contribution in [3.05, 3.63) is 41.5 Å². The molecule has 0 heterocycles. The molecule has 2 heteroatoms. The van der Waals surface area contributed by atoms with Crippen molar-refractivity contribution in [3.63, 3.8) is 0 Å². The summed E-state index contributed by atoms with van der Waals surface area (Å²) in [5, 5.41) is 12.9. The van der Waals surface area contributed by atoms with E-state index in [1.54, 1.807) is 11.6 Å². The van der Waals surface area contributed by atoms with Crippen molar-refractivity contribution in [2.45, 2.75) is 32.2 Å². The lowest BCUT2D eigenvalue weighted by Gasteiger charge is -2.07. The van der Waals surface area contributed by atoms with Gasteiger partial charge in [-0.25, -0.2) is 0 Å². The third-order valence-electron chi connectivity index (χ3n) is 3.06. The molecule has 2 nitrogen and oxygen atoms in total. The van der Waals surface area contributed by atoms with Gasteiger partial charge in [0.1, 0.15) is 5.75 Å². The molecule has 0 radical (unpaired) electrons. The van der Waals surface area contributed by atoms with Gasteiger partial charge in [0.25, 0.3) is 0 Å².